The molecule has 0 aromatic heterocycles. The highest BCUT2D eigenvalue weighted by molar-refractivity contribution is 9.10. The van der Waals surface area contributed by atoms with Crippen molar-refractivity contribution < 1.29 is 14.6 Å². The first kappa shape index (κ1) is 14.3. The molecule has 0 radical (unpaired) electrons. The molecule has 1 heterocycles. The van der Waals surface area contributed by atoms with Crippen LogP contribution in [0, 0.1) is 5.41 Å². The number of halogens is 1. The summed E-state index contributed by atoms with van der Waals surface area (Å²) in [4.78, 5) is 11.5. The standard InChI is InChI=1S/C14H18BrNO3/c15-11-2-1-3-12(10-11)19-9-6-14(13(17)18)4-7-16-8-5-14/h1-3,10,16H,4-9H2,(H,17,18). The Hall–Kier alpha value is -1.07. The van der Waals surface area contributed by atoms with Gasteiger partial charge < -0.3 is 15.2 Å². The van der Waals surface area contributed by atoms with E-state index in [2.05, 4.69) is 21.2 Å². The van der Waals surface area contributed by atoms with Crippen LogP contribution in [0.25, 0.3) is 0 Å². The quantitative estimate of drug-likeness (QED) is 0.872. The molecule has 1 saturated heterocycles. The van der Waals surface area contributed by atoms with E-state index in [1.807, 2.05) is 24.3 Å². The van der Waals surface area contributed by atoms with Crippen LogP contribution >= 0.6 is 15.9 Å². The number of carboxylic acids is 1. The van der Waals surface area contributed by atoms with Crippen LogP contribution in [0.2, 0.25) is 0 Å². The number of piperidine rings is 1. The van der Waals surface area contributed by atoms with Gasteiger partial charge in [0, 0.05) is 4.47 Å². The van der Waals surface area contributed by atoms with Crippen molar-refractivity contribution in [2.45, 2.75) is 19.3 Å². The van der Waals surface area contributed by atoms with Crippen LogP contribution in [0.3, 0.4) is 0 Å². The first-order chi connectivity index (χ1) is 9.12. The van der Waals surface area contributed by atoms with E-state index in [0.29, 0.717) is 25.9 Å². The van der Waals surface area contributed by atoms with Crippen LogP contribution < -0.4 is 10.1 Å². The average Bonchev–Trinajstić information content (AvgIpc) is 2.40. The van der Waals surface area contributed by atoms with Gasteiger partial charge in [0.2, 0.25) is 0 Å². The van der Waals surface area contributed by atoms with Gasteiger partial charge >= 0.3 is 5.97 Å². The van der Waals surface area contributed by atoms with Gasteiger partial charge in [-0.3, -0.25) is 4.79 Å². The van der Waals surface area contributed by atoms with Crippen LogP contribution in [-0.2, 0) is 4.79 Å². The zero-order valence-electron chi connectivity index (χ0n) is 10.7. The summed E-state index contributed by atoms with van der Waals surface area (Å²) >= 11 is 3.38. The molecule has 1 fully saturated rings. The minimum absolute atomic E-state index is 0.433. The van der Waals surface area contributed by atoms with Crippen LogP contribution in [0.15, 0.2) is 28.7 Å². The number of carbonyl (C=O) groups is 1. The van der Waals surface area contributed by atoms with E-state index < -0.39 is 11.4 Å². The highest BCUT2D eigenvalue weighted by Crippen LogP contribution is 2.33. The minimum Gasteiger partial charge on any atom is -0.494 e. The lowest BCUT2D eigenvalue weighted by molar-refractivity contribution is -0.151. The summed E-state index contributed by atoms with van der Waals surface area (Å²) in [5.41, 5.74) is -0.628. The topological polar surface area (TPSA) is 58.6 Å². The molecule has 104 valence electrons. The van der Waals surface area contributed by atoms with Crippen LogP contribution in [-0.4, -0.2) is 30.8 Å². The number of aliphatic carboxylic acids is 1. The zero-order chi connectivity index (χ0) is 13.7. The first-order valence-electron chi connectivity index (χ1n) is 6.45. The lowest BCUT2D eigenvalue weighted by Crippen LogP contribution is -2.43. The number of nitrogens with one attached hydrogen (secondary N) is 1. The summed E-state index contributed by atoms with van der Waals surface area (Å²) in [6, 6.07) is 7.59. The van der Waals surface area contributed by atoms with Crippen molar-refractivity contribution in [1.29, 1.82) is 0 Å². The van der Waals surface area contributed by atoms with Crippen LogP contribution in [0.5, 0.6) is 5.75 Å². The molecule has 0 saturated carbocycles. The molecule has 0 bridgehead atoms. The fourth-order valence-corrected chi connectivity index (χ4v) is 2.78. The number of ether oxygens (including phenoxy) is 1. The van der Waals surface area contributed by atoms with Crippen molar-refractivity contribution in [2.75, 3.05) is 19.7 Å². The first-order valence-corrected chi connectivity index (χ1v) is 7.24. The monoisotopic (exact) mass is 327 g/mol. The Labute approximate surface area is 121 Å². The van der Waals surface area contributed by atoms with Crippen LogP contribution in [0.1, 0.15) is 19.3 Å². The molecule has 5 heteroatoms. The van der Waals surface area contributed by atoms with Gasteiger partial charge in [-0.05, 0) is 50.6 Å². The van der Waals surface area contributed by atoms with Gasteiger partial charge in [-0.15, -0.1) is 0 Å². The van der Waals surface area contributed by atoms with E-state index in [1.165, 1.54) is 0 Å². The smallest absolute Gasteiger partial charge is 0.309 e. The molecule has 2 N–H and O–H groups in total. The number of carboxylic acid groups (broad SMARTS) is 1. The SMILES string of the molecule is O=C(O)C1(CCOc2cccc(Br)c2)CCNCC1. The number of benzene rings is 1. The van der Waals surface area contributed by atoms with Crippen molar-refractivity contribution in [3.63, 3.8) is 0 Å². The molecule has 4 nitrogen and oxygen atoms in total. The lowest BCUT2D eigenvalue weighted by atomic mass is 9.76. The van der Waals surface area contributed by atoms with Gasteiger partial charge in [-0.2, -0.15) is 0 Å². The Bertz CT molecular complexity index is 444. The average molecular weight is 328 g/mol. The number of hydrogen-bond donors (Lipinski definition) is 2. The largest absolute Gasteiger partial charge is 0.494 e. The Morgan fingerprint density at radius 3 is 2.79 bits per heavy atom. The molecule has 0 amide bonds. The molecule has 1 aliphatic heterocycles. The molecule has 0 aliphatic carbocycles. The predicted octanol–water partition coefficient (Wildman–Crippen LogP) is 2.67. The van der Waals surface area contributed by atoms with E-state index in [4.69, 9.17) is 4.74 Å². The van der Waals surface area contributed by atoms with Crippen molar-refractivity contribution in [2.24, 2.45) is 5.41 Å². The van der Waals surface area contributed by atoms with E-state index in [9.17, 15) is 9.90 Å². The lowest BCUT2D eigenvalue weighted by Gasteiger charge is -2.33. The molecule has 0 unspecified atom stereocenters. The second-order valence-electron chi connectivity index (χ2n) is 4.89. The normalized spacial score (nSPS) is 17.9. The van der Waals surface area contributed by atoms with E-state index >= 15 is 0 Å². The van der Waals surface area contributed by atoms with Crippen molar-refractivity contribution in [3.8, 4) is 5.75 Å². The molecule has 1 aromatic carbocycles. The predicted molar refractivity (Wildman–Crippen MR) is 76.4 cm³/mol. The van der Waals surface area contributed by atoms with E-state index in [1.54, 1.807) is 0 Å². The van der Waals surface area contributed by atoms with Gasteiger partial charge in [-0.25, -0.2) is 0 Å². The fourth-order valence-electron chi connectivity index (χ4n) is 2.40. The van der Waals surface area contributed by atoms with Crippen molar-refractivity contribution in [3.05, 3.63) is 28.7 Å². The molecule has 19 heavy (non-hydrogen) atoms. The Balaban J connectivity index is 1.91. The molecule has 0 spiro atoms. The summed E-state index contributed by atoms with van der Waals surface area (Å²) in [7, 11) is 0. The molecular formula is C14H18BrNO3. The molecule has 0 atom stereocenters. The summed E-state index contributed by atoms with van der Waals surface area (Å²) in [6.45, 7) is 1.97. The third kappa shape index (κ3) is 3.70. The maximum absolute atomic E-state index is 11.5. The van der Waals surface area contributed by atoms with Gasteiger partial charge in [-0.1, -0.05) is 22.0 Å². The summed E-state index contributed by atoms with van der Waals surface area (Å²) in [5.74, 6) is 0.0655. The number of hydrogen-bond acceptors (Lipinski definition) is 3. The maximum atomic E-state index is 11.5. The Morgan fingerprint density at radius 2 is 2.16 bits per heavy atom. The van der Waals surface area contributed by atoms with Crippen LogP contribution in [0.4, 0.5) is 0 Å². The van der Waals surface area contributed by atoms with Crippen molar-refractivity contribution in [1.82, 2.24) is 5.32 Å². The van der Waals surface area contributed by atoms with E-state index in [-0.39, 0.29) is 0 Å². The van der Waals surface area contributed by atoms with Gasteiger partial charge in [0.25, 0.3) is 0 Å². The highest BCUT2D eigenvalue weighted by atomic mass is 79.9. The van der Waals surface area contributed by atoms with Gasteiger partial charge in [0.05, 0.1) is 12.0 Å². The second kappa shape index (κ2) is 6.39. The van der Waals surface area contributed by atoms with Crippen molar-refractivity contribution >= 4 is 21.9 Å². The fraction of sp³-hybridized carbons (Fsp3) is 0.500. The maximum Gasteiger partial charge on any atom is 0.309 e. The third-order valence-electron chi connectivity index (χ3n) is 3.66. The third-order valence-corrected chi connectivity index (χ3v) is 4.15. The second-order valence-corrected chi connectivity index (χ2v) is 5.81. The van der Waals surface area contributed by atoms with E-state index in [0.717, 1.165) is 23.3 Å². The summed E-state index contributed by atoms with van der Waals surface area (Å²) in [5, 5.41) is 12.6. The zero-order valence-corrected chi connectivity index (χ0v) is 12.3. The number of rotatable bonds is 5. The summed E-state index contributed by atoms with van der Waals surface area (Å²) < 4.78 is 6.61. The molecule has 1 aliphatic rings. The Morgan fingerprint density at radius 1 is 1.42 bits per heavy atom. The molecular weight excluding hydrogens is 310 g/mol. The molecule has 1 aromatic rings. The Kier molecular flexibility index (Phi) is 4.82. The van der Waals surface area contributed by atoms with Gasteiger partial charge in [0.1, 0.15) is 5.75 Å². The molecule has 2 rings (SSSR count). The summed E-state index contributed by atoms with van der Waals surface area (Å²) in [6.07, 6.45) is 1.89. The highest BCUT2D eigenvalue weighted by Gasteiger charge is 2.39. The van der Waals surface area contributed by atoms with Gasteiger partial charge in [0.15, 0.2) is 0 Å². The minimum atomic E-state index is -0.702.